The monoisotopic (exact) mass is 208 g/mol. The summed E-state index contributed by atoms with van der Waals surface area (Å²) in [5.74, 6) is -0.0240. The zero-order valence-corrected chi connectivity index (χ0v) is 8.92. The Morgan fingerprint density at radius 2 is 2.00 bits per heavy atom. The van der Waals surface area contributed by atoms with E-state index in [1.807, 2.05) is 25.1 Å². The van der Waals surface area contributed by atoms with Gasteiger partial charge < -0.3 is 0 Å². The van der Waals surface area contributed by atoms with Gasteiger partial charge in [-0.3, -0.25) is 4.79 Å². The molecule has 1 rings (SSSR count). The summed E-state index contributed by atoms with van der Waals surface area (Å²) in [5.41, 5.74) is 0.682. The number of carbonyl (C=O) groups is 1. The minimum absolute atomic E-state index is 0.0240. The number of halogens is 1. The van der Waals surface area contributed by atoms with Gasteiger partial charge in [0.25, 0.3) is 0 Å². The quantitative estimate of drug-likeness (QED) is 0.544. The van der Waals surface area contributed by atoms with Gasteiger partial charge >= 0.3 is 0 Å². The minimum atomic E-state index is -0.0240. The molecule has 0 bridgehead atoms. The van der Waals surface area contributed by atoms with Crippen LogP contribution in [0.4, 0.5) is 0 Å². The molecule has 0 aliphatic heterocycles. The number of ketones is 1. The fourth-order valence-electron chi connectivity index (χ4n) is 1.14. The van der Waals surface area contributed by atoms with E-state index in [0.29, 0.717) is 10.6 Å². The fourth-order valence-corrected chi connectivity index (χ4v) is 1.43. The smallest absolute Gasteiger partial charge is 0.186 e. The molecule has 1 aromatic rings. The maximum atomic E-state index is 11.6. The first-order valence-electron chi connectivity index (χ1n) is 4.69. The van der Waals surface area contributed by atoms with Crippen molar-refractivity contribution >= 4 is 17.4 Å². The summed E-state index contributed by atoms with van der Waals surface area (Å²) >= 11 is 5.87. The summed E-state index contributed by atoms with van der Waals surface area (Å²) in [6.45, 7) is 2.03. The van der Waals surface area contributed by atoms with Crippen LogP contribution < -0.4 is 0 Å². The van der Waals surface area contributed by atoms with Crippen molar-refractivity contribution in [1.82, 2.24) is 0 Å². The van der Waals surface area contributed by atoms with Gasteiger partial charge in [0.1, 0.15) is 0 Å². The molecule has 1 nitrogen and oxygen atoms in total. The van der Waals surface area contributed by atoms with E-state index in [9.17, 15) is 4.79 Å². The van der Waals surface area contributed by atoms with Crippen molar-refractivity contribution < 1.29 is 4.79 Å². The predicted octanol–water partition coefficient (Wildman–Crippen LogP) is 3.79. The Labute approximate surface area is 89.4 Å². The molecule has 0 amide bonds. The first-order chi connectivity index (χ1) is 6.74. The molecule has 74 valence electrons. The third kappa shape index (κ3) is 3.35. The predicted molar refractivity (Wildman–Crippen MR) is 59.6 cm³/mol. The molecule has 0 N–H and O–H groups in total. The molecule has 2 heteroatoms. The molecule has 0 atom stereocenters. The van der Waals surface area contributed by atoms with E-state index in [-0.39, 0.29) is 5.78 Å². The summed E-state index contributed by atoms with van der Waals surface area (Å²) in [6, 6.07) is 9.14. The molecule has 0 heterocycles. The Morgan fingerprint density at radius 3 is 2.57 bits per heavy atom. The van der Waals surface area contributed by atoms with Crippen LogP contribution in [0.2, 0.25) is 0 Å². The molecule has 0 aliphatic rings. The van der Waals surface area contributed by atoms with E-state index >= 15 is 0 Å². The van der Waals surface area contributed by atoms with Crippen molar-refractivity contribution in [3.8, 4) is 0 Å². The number of rotatable bonds is 4. The van der Waals surface area contributed by atoms with Crippen molar-refractivity contribution in [1.29, 1.82) is 0 Å². The summed E-state index contributed by atoms with van der Waals surface area (Å²) in [6.07, 6.45) is 3.22. The van der Waals surface area contributed by atoms with Gasteiger partial charge in [0.2, 0.25) is 0 Å². The number of hydrogen-bond donors (Lipinski definition) is 0. The molecule has 0 aromatic heterocycles. The topological polar surface area (TPSA) is 17.1 Å². The maximum Gasteiger partial charge on any atom is 0.186 e. The highest BCUT2D eigenvalue weighted by atomic mass is 35.5. The van der Waals surface area contributed by atoms with Crippen molar-refractivity contribution in [2.75, 3.05) is 0 Å². The summed E-state index contributed by atoms with van der Waals surface area (Å²) in [5, 5.41) is 0.626. The molecule has 0 radical (unpaired) electrons. The number of carbonyl (C=O) groups excluding carboxylic acids is 1. The van der Waals surface area contributed by atoms with E-state index in [1.54, 1.807) is 12.1 Å². The molecule has 0 aliphatic carbocycles. The molecular formula is C12H13ClO. The molecule has 1 aromatic carbocycles. The Bertz CT molecular complexity index is 327. The first kappa shape index (κ1) is 11.0. The highest BCUT2D eigenvalue weighted by Crippen LogP contribution is 2.11. The zero-order valence-electron chi connectivity index (χ0n) is 8.16. The average Bonchev–Trinajstić information content (AvgIpc) is 2.19. The summed E-state index contributed by atoms with van der Waals surface area (Å²) in [7, 11) is 0. The lowest BCUT2D eigenvalue weighted by Gasteiger charge is -1.96. The Kier molecular flexibility index (Phi) is 4.41. The highest BCUT2D eigenvalue weighted by molar-refractivity contribution is 6.31. The van der Waals surface area contributed by atoms with E-state index in [4.69, 9.17) is 11.6 Å². The molecule has 14 heavy (non-hydrogen) atoms. The minimum Gasteiger partial charge on any atom is -0.289 e. The van der Waals surface area contributed by atoms with Crippen LogP contribution in [-0.4, -0.2) is 5.78 Å². The number of hydrogen-bond acceptors (Lipinski definition) is 1. The van der Waals surface area contributed by atoms with Gasteiger partial charge in [0.15, 0.2) is 5.78 Å². The van der Waals surface area contributed by atoms with Crippen molar-refractivity contribution in [2.24, 2.45) is 0 Å². The third-order valence-electron chi connectivity index (χ3n) is 1.83. The third-order valence-corrected chi connectivity index (χ3v) is 2.13. The van der Waals surface area contributed by atoms with Crippen LogP contribution in [0.3, 0.4) is 0 Å². The van der Waals surface area contributed by atoms with Gasteiger partial charge in [-0.1, -0.05) is 55.3 Å². The molecule has 0 spiro atoms. The van der Waals surface area contributed by atoms with Gasteiger partial charge in [0, 0.05) is 16.7 Å². The van der Waals surface area contributed by atoms with E-state index < -0.39 is 0 Å². The Hall–Kier alpha value is -1.08. The van der Waals surface area contributed by atoms with Gasteiger partial charge in [-0.25, -0.2) is 0 Å². The van der Waals surface area contributed by atoms with Crippen LogP contribution in [-0.2, 0) is 0 Å². The second-order valence-electron chi connectivity index (χ2n) is 3.07. The average molecular weight is 209 g/mol. The zero-order chi connectivity index (χ0) is 10.4. The van der Waals surface area contributed by atoms with Crippen molar-refractivity contribution in [3.05, 3.63) is 47.0 Å². The van der Waals surface area contributed by atoms with Gasteiger partial charge in [0.05, 0.1) is 0 Å². The van der Waals surface area contributed by atoms with Crippen molar-refractivity contribution in [3.63, 3.8) is 0 Å². The maximum absolute atomic E-state index is 11.6. The van der Waals surface area contributed by atoms with Crippen LogP contribution in [0.5, 0.6) is 0 Å². The second kappa shape index (κ2) is 5.61. The summed E-state index contributed by atoms with van der Waals surface area (Å²) < 4.78 is 0. The van der Waals surface area contributed by atoms with Gasteiger partial charge in [-0.05, 0) is 6.42 Å². The van der Waals surface area contributed by atoms with Crippen molar-refractivity contribution in [2.45, 2.75) is 19.8 Å². The summed E-state index contributed by atoms with van der Waals surface area (Å²) in [4.78, 5) is 11.6. The van der Waals surface area contributed by atoms with E-state index in [2.05, 4.69) is 0 Å². The molecule has 0 unspecified atom stereocenters. The van der Waals surface area contributed by atoms with E-state index in [0.717, 1.165) is 12.8 Å². The van der Waals surface area contributed by atoms with Crippen LogP contribution in [0.1, 0.15) is 30.1 Å². The molecular weight excluding hydrogens is 196 g/mol. The standard InChI is InChI=1S/C12H13ClO/c1-2-6-11(13)9-12(14)10-7-4-3-5-8-10/h3-5,7-9H,2,6H2,1H3. The fraction of sp³-hybridized carbons (Fsp3) is 0.250. The SMILES string of the molecule is CCCC(Cl)=CC(=O)c1ccccc1. The van der Waals surface area contributed by atoms with E-state index in [1.165, 1.54) is 6.08 Å². The molecule has 0 saturated heterocycles. The lowest BCUT2D eigenvalue weighted by molar-refractivity contribution is 0.104. The second-order valence-corrected chi connectivity index (χ2v) is 3.56. The van der Waals surface area contributed by atoms with Crippen LogP contribution in [0.15, 0.2) is 41.4 Å². The lowest BCUT2D eigenvalue weighted by atomic mass is 10.1. The first-order valence-corrected chi connectivity index (χ1v) is 5.07. The Balaban J connectivity index is 2.72. The Morgan fingerprint density at radius 1 is 1.36 bits per heavy atom. The normalized spacial score (nSPS) is 11.4. The van der Waals surface area contributed by atoms with Crippen LogP contribution >= 0.6 is 11.6 Å². The lowest BCUT2D eigenvalue weighted by Crippen LogP contribution is -1.94. The van der Waals surface area contributed by atoms with Gasteiger partial charge in [-0.2, -0.15) is 0 Å². The molecule has 0 saturated carbocycles. The number of allylic oxidation sites excluding steroid dienone is 2. The largest absolute Gasteiger partial charge is 0.289 e. The highest BCUT2D eigenvalue weighted by Gasteiger charge is 2.01. The van der Waals surface area contributed by atoms with Gasteiger partial charge in [-0.15, -0.1) is 0 Å². The molecule has 0 fully saturated rings. The van der Waals surface area contributed by atoms with Crippen LogP contribution in [0.25, 0.3) is 0 Å². The van der Waals surface area contributed by atoms with Crippen LogP contribution in [0, 0.1) is 0 Å². The number of benzene rings is 1.